The first-order chi connectivity index (χ1) is 21.3. The zero-order chi connectivity index (χ0) is 32.2. The van der Waals surface area contributed by atoms with Gasteiger partial charge in [0.2, 0.25) is 0 Å². The summed E-state index contributed by atoms with van der Waals surface area (Å²) in [6, 6.07) is 4.07. The Morgan fingerprint density at radius 3 is 2.66 bits per heavy atom. The van der Waals surface area contributed by atoms with E-state index in [4.69, 9.17) is 10.5 Å². The van der Waals surface area contributed by atoms with Crippen LogP contribution in [0.4, 0.5) is 5.82 Å². The third kappa shape index (κ3) is 15.8. The van der Waals surface area contributed by atoms with Crippen LogP contribution in [0.25, 0.3) is 5.57 Å². The van der Waals surface area contributed by atoms with E-state index in [1.54, 1.807) is 18.1 Å². The fraction of sp³-hybridized carbons (Fsp3) is 0.583. The number of hydrogen-bond donors (Lipinski definition) is 3. The van der Waals surface area contributed by atoms with Crippen molar-refractivity contribution in [2.45, 2.75) is 111 Å². The Bertz CT molecular complexity index is 1160. The highest BCUT2D eigenvalue weighted by Crippen LogP contribution is 2.29. The average Bonchev–Trinajstić information content (AvgIpc) is 3.71. The average molecular weight is 623 g/mol. The first-order valence-corrected chi connectivity index (χ1v) is 17.8. The van der Waals surface area contributed by atoms with Crippen molar-refractivity contribution in [2.24, 2.45) is 21.6 Å². The highest BCUT2D eigenvalue weighted by Gasteiger charge is 2.24. The monoisotopic (exact) mass is 622 g/mol. The molecule has 244 valence electrons. The normalized spacial score (nSPS) is 18.2. The largest absolute Gasteiger partial charge is 0.491 e. The van der Waals surface area contributed by atoms with E-state index in [9.17, 15) is 0 Å². The van der Waals surface area contributed by atoms with Crippen molar-refractivity contribution in [3.05, 3.63) is 65.9 Å². The molecule has 0 spiro atoms. The number of anilines is 1. The number of nitrogens with one attached hydrogen (secondary N) is 2. The molecule has 0 unspecified atom stereocenters. The SMILES string of the molecule is C=C(CCCC)c1ccnc(NSC)c1.CC(=NC1=CC(OC2CC2)=CCC1)N=C1CNC/C1=C/N.CCCCCC(C)C. The van der Waals surface area contributed by atoms with Crippen LogP contribution in [0.3, 0.4) is 0 Å². The maximum absolute atomic E-state index is 5.83. The summed E-state index contributed by atoms with van der Waals surface area (Å²) in [7, 11) is 0. The highest BCUT2D eigenvalue weighted by molar-refractivity contribution is 7.99. The number of pyridine rings is 1. The molecule has 2 fully saturated rings. The lowest BCUT2D eigenvalue weighted by atomic mass is 10.0. The number of unbranched alkanes of at least 4 members (excludes halogenated alkanes) is 3. The molecule has 4 N–H and O–H groups in total. The van der Waals surface area contributed by atoms with Crippen LogP contribution in [0.15, 0.2) is 70.3 Å². The number of hydrogen-bond acceptors (Lipinski definition) is 7. The van der Waals surface area contributed by atoms with Crippen LogP contribution in [0.2, 0.25) is 0 Å². The zero-order valence-corrected chi connectivity index (χ0v) is 29.1. The van der Waals surface area contributed by atoms with Gasteiger partial charge in [-0.1, -0.05) is 78.3 Å². The van der Waals surface area contributed by atoms with Gasteiger partial charge in [0.15, 0.2) is 0 Å². The van der Waals surface area contributed by atoms with Gasteiger partial charge < -0.3 is 20.5 Å². The number of nitrogens with two attached hydrogens (primary N) is 1. The quantitative estimate of drug-likeness (QED) is 0.0878. The summed E-state index contributed by atoms with van der Waals surface area (Å²) in [5.41, 5.74) is 11.1. The Labute approximate surface area is 272 Å². The van der Waals surface area contributed by atoms with E-state index in [1.807, 2.05) is 31.5 Å². The lowest BCUT2D eigenvalue weighted by Crippen LogP contribution is -2.09. The van der Waals surface area contributed by atoms with Gasteiger partial charge in [0.1, 0.15) is 17.4 Å². The van der Waals surface area contributed by atoms with Gasteiger partial charge in [-0.15, -0.1) is 0 Å². The Balaban J connectivity index is 0.000000257. The molecule has 3 aliphatic rings. The minimum atomic E-state index is 0.430. The summed E-state index contributed by atoms with van der Waals surface area (Å²) >= 11 is 1.55. The fourth-order valence-corrected chi connectivity index (χ4v) is 4.90. The number of allylic oxidation sites excluding steroid dienone is 4. The van der Waals surface area contributed by atoms with Gasteiger partial charge in [-0.05, 0) is 80.7 Å². The van der Waals surface area contributed by atoms with Crippen molar-refractivity contribution in [3.63, 3.8) is 0 Å². The van der Waals surface area contributed by atoms with Gasteiger partial charge >= 0.3 is 0 Å². The first-order valence-electron chi connectivity index (χ1n) is 16.5. The molecule has 7 nitrogen and oxygen atoms in total. The van der Waals surface area contributed by atoms with E-state index >= 15 is 0 Å². The van der Waals surface area contributed by atoms with Crippen molar-refractivity contribution in [1.82, 2.24) is 10.3 Å². The molecule has 2 aliphatic carbocycles. The molecular formula is C36H58N6OS. The van der Waals surface area contributed by atoms with Crippen LogP contribution in [0, 0.1) is 5.92 Å². The molecule has 1 saturated carbocycles. The van der Waals surface area contributed by atoms with Gasteiger partial charge in [-0.2, -0.15) is 0 Å². The van der Waals surface area contributed by atoms with Crippen molar-refractivity contribution in [3.8, 4) is 0 Å². The first kappa shape index (κ1) is 37.3. The molecule has 44 heavy (non-hydrogen) atoms. The molecule has 4 rings (SSSR count). The van der Waals surface area contributed by atoms with Crippen LogP contribution >= 0.6 is 11.9 Å². The molecule has 0 bridgehead atoms. The maximum atomic E-state index is 5.83. The Morgan fingerprint density at radius 2 is 2.00 bits per heavy atom. The van der Waals surface area contributed by atoms with E-state index in [-0.39, 0.29) is 0 Å². The molecule has 1 saturated heterocycles. The van der Waals surface area contributed by atoms with Crippen molar-refractivity contribution in [1.29, 1.82) is 0 Å². The number of aromatic nitrogens is 1. The Morgan fingerprint density at radius 1 is 1.23 bits per heavy atom. The second-order valence-corrected chi connectivity index (χ2v) is 12.6. The molecule has 1 aromatic rings. The number of nitrogens with zero attached hydrogens (tertiary/aromatic N) is 3. The molecule has 0 aromatic carbocycles. The number of aliphatic imine (C=N–C) groups is 2. The lowest BCUT2D eigenvalue weighted by Gasteiger charge is -2.12. The molecule has 0 amide bonds. The van der Waals surface area contributed by atoms with Crippen LogP contribution in [0.5, 0.6) is 0 Å². The van der Waals surface area contributed by atoms with Crippen LogP contribution < -0.4 is 15.8 Å². The van der Waals surface area contributed by atoms with Gasteiger partial charge in [0.05, 0.1) is 11.8 Å². The van der Waals surface area contributed by atoms with E-state index in [1.165, 1.54) is 62.5 Å². The molecule has 8 heteroatoms. The second-order valence-electron chi connectivity index (χ2n) is 11.9. The number of rotatable bonds is 13. The van der Waals surface area contributed by atoms with Gasteiger partial charge in [-0.3, -0.25) is 0 Å². The minimum absolute atomic E-state index is 0.430. The van der Waals surface area contributed by atoms with Gasteiger partial charge in [0, 0.05) is 49.1 Å². The summed E-state index contributed by atoms with van der Waals surface area (Å²) in [6.07, 6.45) is 23.4. The molecular weight excluding hydrogens is 565 g/mol. The Kier molecular flexibility index (Phi) is 18.5. The fourth-order valence-electron chi connectivity index (χ4n) is 4.58. The van der Waals surface area contributed by atoms with Gasteiger partial charge in [0.25, 0.3) is 0 Å². The Hall–Kier alpha value is -2.84. The molecule has 1 aliphatic heterocycles. The predicted molar refractivity (Wildman–Crippen MR) is 194 cm³/mol. The number of ether oxygens (including phenoxy) is 1. The van der Waals surface area contributed by atoms with Gasteiger partial charge in [-0.25, -0.2) is 15.0 Å². The van der Waals surface area contributed by atoms with E-state index < -0.39 is 0 Å². The summed E-state index contributed by atoms with van der Waals surface area (Å²) in [5, 5.41) is 3.24. The maximum Gasteiger partial charge on any atom is 0.136 e. The van der Waals surface area contributed by atoms with Crippen LogP contribution in [-0.2, 0) is 4.74 Å². The van der Waals surface area contributed by atoms with Crippen LogP contribution in [0.1, 0.15) is 111 Å². The van der Waals surface area contributed by atoms with Crippen molar-refractivity contribution >= 4 is 34.9 Å². The van der Waals surface area contributed by atoms with Crippen molar-refractivity contribution < 1.29 is 4.74 Å². The third-order valence-corrected chi connectivity index (χ3v) is 7.67. The summed E-state index contributed by atoms with van der Waals surface area (Å²) in [6.45, 7) is 16.6. The molecule has 0 radical (unpaired) electrons. The molecule has 1 aromatic heterocycles. The topological polar surface area (TPSA) is 96.9 Å². The molecule has 2 heterocycles. The zero-order valence-electron chi connectivity index (χ0n) is 28.3. The minimum Gasteiger partial charge on any atom is -0.491 e. The molecule has 0 atom stereocenters. The van der Waals surface area contributed by atoms with E-state index in [0.29, 0.717) is 6.10 Å². The lowest BCUT2D eigenvalue weighted by molar-refractivity contribution is 0.206. The van der Waals surface area contributed by atoms with Crippen molar-refractivity contribution in [2.75, 3.05) is 24.1 Å². The van der Waals surface area contributed by atoms with E-state index in [0.717, 1.165) is 72.7 Å². The second kappa shape index (κ2) is 21.8. The summed E-state index contributed by atoms with van der Waals surface area (Å²) < 4.78 is 8.95. The van der Waals surface area contributed by atoms with E-state index in [2.05, 4.69) is 71.4 Å². The summed E-state index contributed by atoms with van der Waals surface area (Å²) in [5.74, 6) is 3.54. The number of amidine groups is 1. The van der Waals surface area contributed by atoms with Crippen LogP contribution in [-0.4, -0.2) is 42.0 Å². The standard InChI is InChI=1S/C16H22N4O.C12H18N2S.C8H18/c1-11(20-16-10-18-9-12(16)8-17)19-13-3-2-4-15(7-13)21-14-5-6-14;1-4-5-6-10(2)11-7-8-13-12(9-11)14-15-3;1-4-5-6-7-8(2)3/h4,7-8,14,18H,2-3,5-6,9-10,17H2,1H3;7-9H,2,4-6H2,1,3H3,(H,13,14);8H,4-7H2,1-3H3/b12-8-,19-11?,20-16?;;. The smallest absolute Gasteiger partial charge is 0.136 e. The summed E-state index contributed by atoms with van der Waals surface area (Å²) in [4.78, 5) is 13.4. The predicted octanol–water partition coefficient (Wildman–Crippen LogP) is 9.23. The third-order valence-electron chi connectivity index (χ3n) is 7.26. The highest BCUT2D eigenvalue weighted by atomic mass is 32.2.